The highest BCUT2D eigenvalue weighted by Gasteiger charge is 2.40. The van der Waals surface area contributed by atoms with Gasteiger partial charge in [-0.1, -0.05) is 6.07 Å². The lowest BCUT2D eigenvalue weighted by atomic mass is 10.0. The number of benzene rings is 1. The van der Waals surface area contributed by atoms with Crippen molar-refractivity contribution in [2.24, 2.45) is 0 Å². The van der Waals surface area contributed by atoms with Crippen LogP contribution >= 0.6 is 0 Å². The van der Waals surface area contributed by atoms with Gasteiger partial charge in [0.05, 0.1) is 5.56 Å². The highest BCUT2D eigenvalue weighted by molar-refractivity contribution is 6.05. The Hall–Kier alpha value is -2.32. The van der Waals surface area contributed by atoms with Gasteiger partial charge in [0.15, 0.2) is 0 Å². The van der Waals surface area contributed by atoms with Crippen LogP contribution in [0.5, 0.6) is 0 Å². The van der Waals surface area contributed by atoms with Crippen molar-refractivity contribution in [2.75, 3.05) is 26.2 Å². The first-order valence-corrected chi connectivity index (χ1v) is 8.84. The Morgan fingerprint density at radius 3 is 2.73 bits per heavy atom. The van der Waals surface area contributed by atoms with Crippen molar-refractivity contribution in [1.82, 2.24) is 20.4 Å². The normalized spacial score (nSPS) is 25.3. The van der Waals surface area contributed by atoms with Crippen LogP contribution < -0.4 is 10.6 Å². The number of piperazine rings is 1. The number of fused-ring (bicyclic) bond motifs is 1. The first-order chi connectivity index (χ1) is 12.9. The maximum absolute atomic E-state index is 14.7. The van der Waals surface area contributed by atoms with Crippen molar-refractivity contribution < 1.29 is 20.2 Å². The Morgan fingerprint density at radius 1 is 1.23 bits per heavy atom. The van der Waals surface area contributed by atoms with Crippen molar-refractivity contribution in [3.05, 3.63) is 34.6 Å². The summed E-state index contributed by atoms with van der Waals surface area (Å²) in [4.78, 5) is 39.6. The fraction of sp³-hybridized carbons (Fsp3) is 0.500. The molecular formula is C18H21FN4O3. The Kier molecular flexibility index (Phi) is 4.14. The molecular weight excluding hydrogens is 339 g/mol. The number of nitrogens with zero attached hydrogens (tertiary/aromatic N) is 2. The van der Waals surface area contributed by atoms with Gasteiger partial charge in [0.1, 0.15) is 13.3 Å². The van der Waals surface area contributed by atoms with Crippen molar-refractivity contribution in [3.8, 4) is 0 Å². The summed E-state index contributed by atoms with van der Waals surface area (Å²) in [5.74, 6) is -1.91. The Balaban J connectivity index is 1.52. The largest absolute Gasteiger partial charge is 0.322 e. The second-order valence-electron chi connectivity index (χ2n) is 6.96. The molecule has 0 saturated carbocycles. The van der Waals surface area contributed by atoms with E-state index >= 15 is 0 Å². The van der Waals surface area contributed by atoms with Crippen molar-refractivity contribution in [2.45, 2.75) is 32.0 Å². The first-order valence-electron chi connectivity index (χ1n) is 9.29. The number of carbonyl (C=O) groups is 3. The average Bonchev–Trinajstić information content (AvgIpc) is 2.94. The molecule has 3 aliphatic heterocycles. The molecule has 0 aliphatic carbocycles. The van der Waals surface area contributed by atoms with Crippen LogP contribution in [0.3, 0.4) is 0 Å². The quantitative estimate of drug-likeness (QED) is 0.741. The Bertz CT molecular complexity index is 810. The second kappa shape index (κ2) is 6.77. The lowest BCUT2D eigenvalue weighted by Crippen LogP contribution is -2.52. The van der Waals surface area contributed by atoms with E-state index < -0.39 is 23.7 Å². The van der Waals surface area contributed by atoms with Crippen molar-refractivity contribution in [1.29, 1.82) is 0 Å². The monoisotopic (exact) mass is 361 g/mol. The first kappa shape index (κ1) is 15.9. The summed E-state index contributed by atoms with van der Waals surface area (Å²) in [6, 6.07) is 2.48. The molecule has 8 heteroatoms. The fourth-order valence-corrected chi connectivity index (χ4v) is 3.88. The van der Waals surface area contributed by atoms with Crippen LogP contribution in [0.25, 0.3) is 0 Å². The van der Waals surface area contributed by atoms with Gasteiger partial charge in [0.2, 0.25) is 11.8 Å². The standard InChI is InChI=1S/C18H21FN4O3/c19-13-8-11(9-22-5-3-20-4-6-22)7-12-10-23(18(26)16(12)13)14-1-2-15(24)21-17(14)25/h7-8,14,20H,1-6,9-10H2,(H,21,24,25)/i/hD. The van der Waals surface area contributed by atoms with Gasteiger partial charge >= 0.3 is 0 Å². The van der Waals surface area contributed by atoms with Crippen LogP contribution in [0, 0.1) is 5.82 Å². The highest BCUT2D eigenvalue weighted by Crippen LogP contribution is 2.30. The van der Waals surface area contributed by atoms with Crippen LogP contribution in [-0.4, -0.2) is 59.7 Å². The van der Waals surface area contributed by atoms with Crippen LogP contribution in [0.4, 0.5) is 4.39 Å². The number of hydrogen-bond acceptors (Lipinski definition) is 5. The predicted octanol–water partition coefficient (Wildman–Crippen LogP) is -0.00810. The third-order valence-electron chi connectivity index (χ3n) is 5.19. The maximum atomic E-state index is 14.7. The summed E-state index contributed by atoms with van der Waals surface area (Å²) in [6.07, 6.45) is 0.433. The van der Waals surface area contributed by atoms with E-state index in [1.54, 1.807) is 0 Å². The van der Waals surface area contributed by atoms with Crippen molar-refractivity contribution >= 4 is 17.7 Å². The molecule has 1 unspecified atom stereocenters. The molecule has 2 saturated heterocycles. The third kappa shape index (κ3) is 3.10. The zero-order chi connectivity index (χ0) is 19.1. The van der Waals surface area contributed by atoms with Crippen molar-refractivity contribution in [3.63, 3.8) is 0 Å². The predicted molar refractivity (Wildman–Crippen MR) is 90.6 cm³/mol. The smallest absolute Gasteiger partial charge is 0.258 e. The summed E-state index contributed by atoms with van der Waals surface area (Å²) in [5, 5.41) is 3.76. The van der Waals surface area contributed by atoms with E-state index in [0.717, 1.165) is 18.7 Å². The van der Waals surface area contributed by atoms with E-state index in [4.69, 9.17) is 1.41 Å². The van der Waals surface area contributed by atoms with Crippen LogP contribution in [0.1, 0.15) is 34.3 Å². The zero-order valence-electron chi connectivity index (χ0n) is 15.3. The van der Waals surface area contributed by atoms with Gasteiger partial charge < -0.3 is 10.2 Å². The van der Waals surface area contributed by atoms with E-state index in [2.05, 4.69) is 10.2 Å². The molecule has 7 nitrogen and oxygen atoms in total. The molecule has 0 aromatic heterocycles. The number of rotatable bonds is 3. The molecule has 0 spiro atoms. The lowest BCUT2D eigenvalue weighted by Gasteiger charge is -2.29. The minimum absolute atomic E-state index is 0.0272. The minimum atomic E-state index is -0.740. The average molecular weight is 361 g/mol. The number of nitrogens with one attached hydrogen (secondary N) is 2. The molecule has 3 amide bonds. The fourth-order valence-electron chi connectivity index (χ4n) is 3.88. The van der Waals surface area contributed by atoms with Crippen LogP contribution in [-0.2, 0) is 22.7 Å². The molecule has 2 N–H and O–H groups in total. The highest BCUT2D eigenvalue weighted by atomic mass is 19.1. The molecule has 138 valence electrons. The van der Waals surface area contributed by atoms with E-state index in [1.165, 1.54) is 16.3 Å². The summed E-state index contributed by atoms with van der Waals surface area (Å²) in [7, 11) is 0. The van der Waals surface area contributed by atoms with Gasteiger partial charge in [-0.15, -0.1) is 0 Å². The van der Waals surface area contributed by atoms with Gasteiger partial charge in [-0.25, -0.2) is 4.39 Å². The number of imide groups is 1. The summed E-state index contributed by atoms with van der Waals surface area (Å²) in [6.45, 7) is 3.51. The Labute approximate surface area is 152 Å². The second-order valence-corrected chi connectivity index (χ2v) is 6.96. The molecule has 3 aliphatic rings. The van der Waals surface area contributed by atoms with Crippen LogP contribution in [0.15, 0.2) is 12.1 Å². The minimum Gasteiger partial charge on any atom is -0.322 e. The van der Waals surface area contributed by atoms with Gasteiger partial charge in [-0.3, -0.25) is 24.6 Å². The van der Waals surface area contributed by atoms with E-state index in [1.807, 2.05) is 6.07 Å². The number of halogens is 1. The molecule has 1 atom stereocenters. The molecule has 1 aromatic carbocycles. The maximum Gasteiger partial charge on any atom is 0.258 e. The molecule has 26 heavy (non-hydrogen) atoms. The molecule has 4 rings (SSSR count). The Morgan fingerprint density at radius 2 is 2.00 bits per heavy atom. The SMILES string of the molecule is [2H]N1CCN(Cc2cc(F)c3c(c2)CN(C2CCC(=O)NC2=O)C3=O)CC1. The van der Waals surface area contributed by atoms with E-state index in [-0.39, 0.29) is 30.9 Å². The number of amides is 3. The summed E-state index contributed by atoms with van der Waals surface area (Å²) < 4.78 is 22.3. The van der Waals surface area contributed by atoms with Crippen LogP contribution in [0.2, 0.25) is 1.41 Å². The molecule has 1 aromatic rings. The number of hydrogen-bond donors (Lipinski definition) is 2. The number of piperidine rings is 1. The van der Waals surface area contributed by atoms with Gasteiger partial charge in [0, 0.05) is 45.7 Å². The molecule has 3 heterocycles. The summed E-state index contributed by atoms with van der Waals surface area (Å²) in [5.41, 5.74) is 1.39. The molecule has 0 bridgehead atoms. The van der Waals surface area contributed by atoms with Gasteiger partial charge in [-0.2, -0.15) is 0 Å². The van der Waals surface area contributed by atoms with Gasteiger partial charge in [-0.05, 0) is 23.6 Å². The van der Waals surface area contributed by atoms with Gasteiger partial charge in [0.25, 0.3) is 5.91 Å². The van der Waals surface area contributed by atoms with E-state index in [0.29, 0.717) is 25.2 Å². The molecule has 0 radical (unpaired) electrons. The number of carbonyl (C=O) groups excluding carboxylic acids is 3. The lowest BCUT2D eigenvalue weighted by molar-refractivity contribution is -0.136. The van der Waals surface area contributed by atoms with E-state index in [9.17, 15) is 18.8 Å². The molecule has 2 fully saturated rings. The summed E-state index contributed by atoms with van der Waals surface area (Å²) >= 11 is 0. The zero-order valence-corrected chi connectivity index (χ0v) is 14.3. The topological polar surface area (TPSA) is 81.8 Å². The third-order valence-corrected chi connectivity index (χ3v) is 5.19.